The zero-order valence-electron chi connectivity index (χ0n) is 15.6. The molecule has 140 valence electrons. The molecule has 0 radical (unpaired) electrons. The van der Waals surface area contributed by atoms with Crippen LogP contribution in [0.15, 0.2) is 47.1 Å². The molecular weight excluding hydrogens is 344 g/mol. The van der Waals surface area contributed by atoms with Gasteiger partial charge in [0.25, 0.3) is 5.91 Å². The Morgan fingerprint density at radius 1 is 1.04 bits per heavy atom. The van der Waals surface area contributed by atoms with Crippen LogP contribution >= 0.6 is 0 Å². The fourth-order valence-corrected chi connectivity index (χ4v) is 2.81. The van der Waals surface area contributed by atoms with Crippen molar-refractivity contribution in [3.8, 4) is 5.75 Å². The number of fused-ring (bicyclic) bond motifs is 1. The molecule has 0 spiro atoms. The van der Waals surface area contributed by atoms with Crippen molar-refractivity contribution in [1.29, 1.82) is 0 Å². The first-order valence-electron chi connectivity index (χ1n) is 8.78. The molecule has 6 nitrogen and oxygen atoms in total. The summed E-state index contributed by atoms with van der Waals surface area (Å²) in [6, 6.07) is 10.7. The number of amides is 2. The lowest BCUT2D eigenvalue weighted by Crippen LogP contribution is -2.42. The van der Waals surface area contributed by atoms with E-state index in [1.807, 2.05) is 32.9 Å². The number of hydrogen-bond acceptors (Lipinski definition) is 4. The smallest absolute Gasteiger partial charge is 0.269 e. The summed E-state index contributed by atoms with van der Waals surface area (Å²) in [7, 11) is 0. The molecule has 0 aliphatic rings. The molecule has 6 heteroatoms. The molecule has 0 atom stereocenters. The van der Waals surface area contributed by atoms with Gasteiger partial charge in [-0.05, 0) is 56.2 Å². The van der Waals surface area contributed by atoms with Gasteiger partial charge in [-0.1, -0.05) is 12.1 Å². The highest BCUT2D eigenvalue weighted by molar-refractivity contribution is 5.96. The van der Waals surface area contributed by atoms with Crippen molar-refractivity contribution >= 4 is 22.8 Å². The predicted molar refractivity (Wildman–Crippen MR) is 103 cm³/mol. The van der Waals surface area contributed by atoms with E-state index in [4.69, 9.17) is 9.15 Å². The van der Waals surface area contributed by atoms with E-state index in [1.54, 1.807) is 30.5 Å². The third-order valence-corrected chi connectivity index (χ3v) is 4.44. The number of hydrazine groups is 1. The molecule has 0 aliphatic carbocycles. The summed E-state index contributed by atoms with van der Waals surface area (Å²) in [6.45, 7) is 6.45. The van der Waals surface area contributed by atoms with Crippen LogP contribution in [0.2, 0.25) is 0 Å². The molecule has 3 aromatic rings. The average Bonchev–Trinajstić information content (AvgIpc) is 3.07. The third kappa shape index (κ3) is 4.11. The highest BCUT2D eigenvalue weighted by Crippen LogP contribution is 2.26. The van der Waals surface area contributed by atoms with Gasteiger partial charge in [-0.25, -0.2) is 0 Å². The van der Waals surface area contributed by atoms with Crippen molar-refractivity contribution in [2.45, 2.75) is 27.2 Å². The molecule has 0 saturated heterocycles. The number of carbonyl (C=O) groups excluding carboxylic acids is 2. The van der Waals surface area contributed by atoms with Crippen molar-refractivity contribution in [3.05, 3.63) is 64.9 Å². The fraction of sp³-hybridized carbons (Fsp3) is 0.238. The Hall–Kier alpha value is -3.28. The molecule has 2 aromatic carbocycles. The Morgan fingerprint density at radius 2 is 1.78 bits per heavy atom. The van der Waals surface area contributed by atoms with Crippen LogP contribution < -0.4 is 15.6 Å². The molecule has 2 amide bonds. The van der Waals surface area contributed by atoms with Crippen LogP contribution in [0.5, 0.6) is 5.75 Å². The van der Waals surface area contributed by atoms with Crippen LogP contribution in [0.1, 0.15) is 34.0 Å². The largest absolute Gasteiger partial charge is 0.494 e. The Kier molecular flexibility index (Phi) is 5.45. The number of rotatable bonds is 5. The molecule has 0 fully saturated rings. The van der Waals surface area contributed by atoms with Crippen molar-refractivity contribution in [2.24, 2.45) is 0 Å². The van der Waals surface area contributed by atoms with E-state index >= 15 is 0 Å². The third-order valence-electron chi connectivity index (χ3n) is 4.44. The van der Waals surface area contributed by atoms with Gasteiger partial charge in [-0.3, -0.25) is 20.4 Å². The SMILES string of the molecule is CCOc1ccc(C(=O)NNC(=O)Cc2coc3c(C)c(C)ccc23)cc1. The molecule has 3 rings (SSSR count). The Morgan fingerprint density at radius 3 is 2.48 bits per heavy atom. The Bertz CT molecular complexity index is 974. The van der Waals surface area contributed by atoms with Crippen LogP contribution in [0.3, 0.4) is 0 Å². The van der Waals surface area contributed by atoms with Crippen LogP contribution in [0.4, 0.5) is 0 Å². The second-order valence-corrected chi connectivity index (χ2v) is 6.28. The second-order valence-electron chi connectivity index (χ2n) is 6.28. The number of ether oxygens (including phenoxy) is 1. The van der Waals surface area contributed by atoms with Crippen molar-refractivity contribution in [2.75, 3.05) is 6.61 Å². The minimum atomic E-state index is -0.394. The second kappa shape index (κ2) is 7.95. The monoisotopic (exact) mass is 366 g/mol. The first-order chi connectivity index (χ1) is 13.0. The summed E-state index contributed by atoms with van der Waals surface area (Å²) < 4.78 is 10.9. The quantitative estimate of drug-likeness (QED) is 0.678. The van der Waals surface area contributed by atoms with Crippen LogP contribution in [0.25, 0.3) is 11.0 Å². The summed E-state index contributed by atoms with van der Waals surface area (Å²) in [5.74, 6) is -0.0272. The van der Waals surface area contributed by atoms with Crippen LogP contribution in [-0.4, -0.2) is 18.4 Å². The number of furan rings is 1. The molecule has 0 saturated carbocycles. The molecule has 2 N–H and O–H groups in total. The van der Waals surface area contributed by atoms with Gasteiger partial charge < -0.3 is 9.15 Å². The van der Waals surface area contributed by atoms with Gasteiger partial charge in [0.05, 0.1) is 19.3 Å². The Labute approximate surface area is 157 Å². The topological polar surface area (TPSA) is 80.6 Å². The lowest BCUT2D eigenvalue weighted by atomic mass is 10.0. The molecule has 0 unspecified atom stereocenters. The maximum absolute atomic E-state index is 12.2. The van der Waals surface area contributed by atoms with E-state index in [9.17, 15) is 9.59 Å². The van der Waals surface area contributed by atoms with Crippen molar-refractivity contribution in [3.63, 3.8) is 0 Å². The lowest BCUT2D eigenvalue weighted by molar-refractivity contribution is -0.121. The van der Waals surface area contributed by atoms with E-state index in [1.165, 1.54) is 0 Å². The maximum Gasteiger partial charge on any atom is 0.269 e. The average molecular weight is 366 g/mol. The van der Waals surface area contributed by atoms with Gasteiger partial charge in [-0.2, -0.15) is 0 Å². The first-order valence-corrected chi connectivity index (χ1v) is 8.78. The zero-order valence-corrected chi connectivity index (χ0v) is 15.6. The molecular formula is C21H22N2O4. The normalized spacial score (nSPS) is 10.6. The molecule has 1 heterocycles. The van der Waals surface area contributed by atoms with Crippen molar-refractivity contribution < 1.29 is 18.7 Å². The standard InChI is InChI=1S/C21H22N2O4/c1-4-26-17-8-6-15(7-9-17)21(25)23-22-19(24)11-16-12-27-20-14(3)13(2)5-10-18(16)20/h5-10,12H,4,11H2,1-3H3,(H,22,24)(H,23,25). The molecule has 27 heavy (non-hydrogen) atoms. The van der Waals surface area contributed by atoms with Crippen LogP contribution in [0, 0.1) is 13.8 Å². The van der Waals surface area contributed by atoms with Gasteiger partial charge in [-0.15, -0.1) is 0 Å². The lowest BCUT2D eigenvalue weighted by Gasteiger charge is -2.08. The zero-order chi connectivity index (χ0) is 19.4. The molecule has 0 aliphatic heterocycles. The fourth-order valence-electron chi connectivity index (χ4n) is 2.81. The Balaban J connectivity index is 1.60. The maximum atomic E-state index is 12.2. The van der Waals surface area contributed by atoms with Crippen LogP contribution in [-0.2, 0) is 11.2 Å². The minimum absolute atomic E-state index is 0.110. The van der Waals surface area contributed by atoms with Gasteiger partial charge >= 0.3 is 0 Å². The van der Waals surface area contributed by atoms with E-state index in [0.29, 0.717) is 17.9 Å². The minimum Gasteiger partial charge on any atom is -0.494 e. The van der Waals surface area contributed by atoms with Gasteiger partial charge in [0.15, 0.2) is 0 Å². The van der Waals surface area contributed by atoms with Gasteiger partial charge in [0, 0.05) is 16.5 Å². The number of benzene rings is 2. The van der Waals surface area contributed by atoms with Gasteiger partial charge in [0.1, 0.15) is 11.3 Å². The predicted octanol–water partition coefficient (Wildman–Crippen LogP) is 3.45. The van der Waals surface area contributed by atoms with E-state index in [2.05, 4.69) is 10.9 Å². The summed E-state index contributed by atoms with van der Waals surface area (Å²) >= 11 is 0. The van der Waals surface area contributed by atoms with E-state index in [-0.39, 0.29) is 12.3 Å². The number of carbonyl (C=O) groups is 2. The highest BCUT2D eigenvalue weighted by atomic mass is 16.5. The summed E-state index contributed by atoms with van der Waals surface area (Å²) in [5.41, 5.74) is 9.05. The number of hydrogen-bond donors (Lipinski definition) is 2. The van der Waals surface area contributed by atoms with Gasteiger partial charge in [0.2, 0.25) is 5.91 Å². The number of nitrogens with one attached hydrogen (secondary N) is 2. The summed E-state index contributed by atoms with van der Waals surface area (Å²) in [6.07, 6.45) is 1.70. The number of aryl methyl sites for hydroxylation is 2. The summed E-state index contributed by atoms with van der Waals surface area (Å²) in [5, 5.41) is 0.908. The molecule has 1 aromatic heterocycles. The summed E-state index contributed by atoms with van der Waals surface area (Å²) in [4.78, 5) is 24.3. The van der Waals surface area contributed by atoms with Crippen molar-refractivity contribution in [1.82, 2.24) is 10.9 Å². The van der Waals surface area contributed by atoms with E-state index in [0.717, 1.165) is 27.7 Å². The van der Waals surface area contributed by atoms with E-state index < -0.39 is 5.91 Å². The highest BCUT2D eigenvalue weighted by Gasteiger charge is 2.14. The first kappa shape index (κ1) is 18.5. The molecule has 0 bridgehead atoms.